The van der Waals surface area contributed by atoms with Gasteiger partial charge in [0.15, 0.2) is 11.8 Å². The molecule has 0 unspecified atom stereocenters. The fourth-order valence-electron chi connectivity index (χ4n) is 1.85. The predicted octanol–water partition coefficient (Wildman–Crippen LogP) is 2.21. The van der Waals surface area contributed by atoms with Crippen LogP contribution < -0.4 is 5.32 Å². The first-order chi connectivity index (χ1) is 10.1. The number of allylic oxidation sites excluding steroid dienone is 1. The molecule has 1 N–H and O–H groups in total. The summed E-state index contributed by atoms with van der Waals surface area (Å²) in [5.74, 6) is 2.59. The molecule has 0 atom stereocenters. The summed E-state index contributed by atoms with van der Waals surface area (Å²) in [6.07, 6.45) is 4.72. The van der Waals surface area contributed by atoms with E-state index in [1.807, 2.05) is 27.0 Å². The van der Waals surface area contributed by atoms with Crippen LogP contribution in [-0.2, 0) is 6.42 Å². The van der Waals surface area contributed by atoms with Crippen molar-refractivity contribution in [3.05, 3.63) is 24.4 Å². The monoisotopic (exact) mass is 293 g/mol. The molecule has 6 heteroatoms. The minimum absolute atomic E-state index is 0.291. The van der Waals surface area contributed by atoms with Crippen LogP contribution in [0.3, 0.4) is 0 Å². The van der Waals surface area contributed by atoms with Crippen molar-refractivity contribution in [2.45, 2.75) is 39.0 Å². The van der Waals surface area contributed by atoms with Gasteiger partial charge in [0.25, 0.3) is 0 Å². The molecule has 0 aliphatic heterocycles. The largest absolute Gasteiger partial charge is 0.356 e. The van der Waals surface area contributed by atoms with Crippen molar-refractivity contribution in [1.29, 1.82) is 0 Å². The minimum atomic E-state index is 0.291. The summed E-state index contributed by atoms with van der Waals surface area (Å²) in [4.78, 5) is 10.7. The highest BCUT2D eigenvalue weighted by Crippen LogP contribution is 2.09. The fraction of sp³-hybridized carbons (Fsp3) is 0.667. The zero-order chi connectivity index (χ0) is 15.7. The summed E-state index contributed by atoms with van der Waals surface area (Å²) in [5.41, 5.74) is 0. The Morgan fingerprint density at radius 3 is 2.86 bits per heavy atom. The summed E-state index contributed by atoms with van der Waals surface area (Å²) in [6, 6.07) is 0. The highest BCUT2D eigenvalue weighted by Gasteiger charge is 2.10. The van der Waals surface area contributed by atoms with E-state index in [2.05, 4.69) is 31.9 Å². The van der Waals surface area contributed by atoms with Crippen molar-refractivity contribution < 1.29 is 4.52 Å². The SMILES string of the molecule is C=CCCCN(C)C(=NC)NCCc1nc(C(C)C)no1. The van der Waals surface area contributed by atoms with Gasteiger partial charge < -0.3 is 14.7 Å². The van der Waals surface area contributed by atoms with E-state index in [-0.39, 0.29) is 0 Å². The Morgan fingerprint density at radius 1 is 1.52 bits per heavy atom. The first kappa shape index (κ1) is 17.2. The Hall–Kier alpha value is -1.85. The smallest absolute Gasteiger partial charge is 0.228 e. The van der Waals surface area contributed by atoms with Crippen LogP contribution >= 0.6 is 0 Å². The highest BCUT2D eigenvalue weighted by molar-refractivity contribution is 5.79. The van der Waals surface area contributed by atoms with Crippen LogP contribution in [0.15, 0.2) is 22.2 Å². The fourth-order valence-corrected chi connectivity index (χ4v) is 1.85. The van der Waals surface area contributed by atoms with Crippen LogP contribution in [0.1, 0.15) is 44.3 Å². The van der Waals surface area contributed by atoms with Gasteiger partial charge in [-0.15, -0.1) is 6.58 Å². The van der Waals surface area contributed by atoms with Crippen molar-refractivity contribution in [2.24, 2.45) is 4.99 Å². The van der Waals surface area contributed by atoms with E-state index >= 15 is 0 Å². The molecular weight excluding hydrogens is 266 g/mol. The van der Waals surface area contributed by atoms with Crippen LogP contribution in [0.4, 0.5) is 0 Å². The molecule has 0 spiro atoms. The number of aliphatic imine (C=N–C) groups is 1. The van der Waals surface area contributed by atoms with E-state index in [9.17, 15) is 0 Å². The molecule has 0 radical (unpaired) electrons. The molecule has 0 aliphatic rings. The van der Waals surface area contributed by atoms with Crippen LogP contribution in [0, 0.1) is 0 Å². The number of unbranched alkanes of at least 4 members (excludes halogenated alkanes) is 1. The molecule has 1 rings (SSSR count). The van der Waals surface area contributed by atoms with E-state index < -0.39 is 0 Å². The van der Waals surface area contributed by atoms with Gasteiger partial charge in [-0.2, -0.15) is 4.98 Å². The molecule has 1 heterocycles. The van der Waals surface area contributed by atoms with Crippen LogP contribution in [-0.4, -0.2) is 48.2 Å². The van der Waals surface area contributed by atoms with Gasteiger partial charge in [-0.3, -0.25) is 4.99 Å². The minimum Gasteiger partial charge on any atom is -0.356 e. The van der Waals surface area contributed by atoms with E-state index in [4.69, 9.17) is 4.52 Å². The Morgan fingerprint density at radius 2 is 2.29 bits per heavy atom. The van der Waals surface area contributed by atoms with Gasteiger partial charge in [0.1, 0.15) is 0 Å². The molecule has 0 bridgehead atoms. The number of guanidine groups is 1. The molecule has 0 amide bonds. The number of hydrogen-bond acceptors (Lipinski definition) is 4. The van der Waals surface area contributed by atoms with Gasteiger partial charge in [-0.1, -0.05) is 25.1 Å². The van der Waals surface area contributed by atoms with Crippen LogP contribution in [0.25, 0.3) is 0 Å². The summed E-state index contributed by atoms with van der Waals surface area (Å²) in [5, 5.41) is 7.26. The first-order valence-electron chi connectivity index (χ1n) is 7.43. The lowest BCUT2D eigenvalue weighted by molar-refractivity contribution is 0.370. The average Bonchev–Trinajstić information content (AvgIpc) is 2.93. The lowest BCUT2D eigenvalue weighted by atomic mass is 10.2. The maximum absolute atomic E-state index is 5.22. The molecule has 118 valence electrons. The molecule has 0 saturated heterocycles. The first-order valence-corrected chi connectivity index (χ1v) is 7.43. The molecule has 0 aliphatic carbocycles. The Balaban J connectivity index is 2.35. The highest BCUT2D eigenvalue weighted by atomic mass is 16.5. The van der Waals surface area contributed by atoms with E-state index in [0.29, 0.717) is 18.2 Å². The lowest BCUT2D eigenvalue weighted by Crippen LogP contribution is -2.40. The maximum atomic E-state index is 5.22. The summed E-state index contributed by atoms with van der Waals surface area (Å²) >= 11 is 0. The molecule has 1 aromatic heterocycles. The third-order valence-corrected chi connectivity index (χ3v) is 3.10. The van der Waals surface area contributed by atoms with Gasteiger partial charge in [-0.05, 0) is 12.8 Å². The third kappa shape index (κ3) is 5.97. The van der Waals surface area contributed by atoms with Gasteiger partial charge in [-0.25, -0.2) is 0 Å². The molecule has 1 aromatic rings. The van der Waals surface area contributed by atoms with Crippen molar-refractivity contribution in [2.75, 3.05) is 27.2 Å². The topological polar surface area (TPSA) is 66.5 Å². The second-order valence-corrected chi connectivity index (χ2v) is 5.28. The van der Waals surface area contributed by atoms with Crippen LogP contribution in [0.2, 0.25) is 0 Å². The number of hydrogen-bond donors (Lipinski definition) is 1. The number of aromatic nitrogens is 2. The molecule has 6 nitrogen and oxygen atoms in total. The lowest BCUT2D eigenvalue weighted by Gasteiger charge is -2.21. The maximum Gasteiger partial charge on any atom is 0.228 e. The quantitative estimate of drug-likeness (QED) is 0.344. The standard InChI is InChI=1S/C15H27N5O/c1-6-7-8-11-20(5)15(16-4)17-10-9-13-18-14(12(2)3)19-21-13/h6,12H,1,7-11H2,2-5H3,(H,16,17). The third-order valence-electron chi connectivity index (χ3n) is 3.10. The van der Waals surface area contributed by atoms with Gasteiger partial charge >= 0.3 is 0 Å². The molecule has 0 fully saturated rings. The zero-order valence-corrected chi connectivity index (χ0v) is 13.6. The number of nitrogens with one attached hydrogen (secondary N) is 1. The molecule has 21 heavy (non-hydrogen) atoms. The molecule has 0 aromatic carbocycles. The Bertz CT molecular complexity index is 453. The van der Waals surface area contributed by atoms with E-state index in [1.54, 1.807) is 7.05 Å². The predicted molar refractivity (Wildman–Crippen MR) is 85.5 cm³/mol. The zero-order valence-electron chi connectivity index (χ0n) is 13.6. The summed E-state index contributed by atoms with van der Waals surface area (Å²) in [7, 11) is 3.82. The number of rotatable bonds is 8. The average molecular weight is 293 g/mol. The normalized spacial score (nSPS) is 11.8. The van der Waals surface area contributed by atoms with Crippen molar-refractivity contribution in [3.8, 4) is 0 Å². The van der Waals surface area contributed by atoms with Crippen molar-refractivity contribution >= 4 is 5.96 Å². The van der Waals surface area contributed by atoms with Gasteiger partial charge in [0.2, 0.25) is 5.89 Å². The Kier molecular flexibility index (Phi) is 7.50. The summed E-state index contributed by atoms with van der Waals surface area (Å²) in [6.45, 7) is 9.50. The van der Waals surface area contributed by atoms with E-state index in [0.717, 1.165) is 37.7 Å². The van der Waals surface area contributed by atoms with E-state index in [1.165, 1.54) is 0 Å². The van der Waals surface area contributed by atoms with Crippen LogP contribution in [0.5, 0.6) is 0 Å². The van der Waals surface area contributed by atoms with Crippen molar-refractivity contribution in [1.82, 2.24) is 20.4 Å². The molecule has 0 saturated carbocycles. The number of nitrogens with zero attached hydrogens (tertiary/aromatic N) is 4. The van der Waals surface area contributed by atoms with Gasteiger partial charge in [0, 0.05) is 39.5 Å². The second kappa shape index (κ2) is 9.15. The van der Waals surface area contributed by atoms with Crippen molar-refractivity contribution in [3.63, 3.8) is 0 Å². The summed E-state index contributed by atoms with van der Waals surface area (Å²) < 4.78 is 5.22. The molecular formula is C15H27N5O. The van der Waals surface area contributed by atoms with Gasteiger partial charge in [0.05, 0.1) is 0 Å². The second-order valence-electron chi connectivity index (χ2n) is 5.28. The Labute approximate surface area is 127 Å².